The molecule has 3 nitrogen and oxygen atoms in total. The van der Waals surface area contributed by atoms with Crippen LogP contribution in [0.2, 0.25) is 0 Å². The van der Waals surface area contributed by atoms with E-state index in [1.54, 1.807) is 0 Å². The molecule has 86 valence electrons. The Kier molecular flexibility index (Phi) is 2.58. The maximum Gasteiger partial charge on any atom is 0.120 e. The summed E-state index contributed by atoms with van der Waals surface area (Å²) in [5.74, 6) is 0.921. The monoisotopic (exact) mass is 226 g/mol. The third kappa shape index (κ3) is 2.18. The van der Waals surface area contributed by atoms with E-state index in [0.29, 0.717) is 6.61 Å². The van der Waals surface area contributed by atoms with Crippen molar-refractivity contribution in [3.8, 4) is 5.75 Å². The zero-order valence-electron chi connectivity index (χ0n) is 9.47. The lowest BCUT2D eigenvalue weighted by Crippen LogP contribution is -2.06. The Balaban J connectivity index is 1.64. The molecule has 1 N–H and O–H groups in total. The first-order valence-corrected chi connectivity index (χ1v) is 5.72. The minimum Gasteiger partial charge on any atom is -0.492 e. The van der Waals surface area contributed by atoms with Crippen LogP contribution in [-0.2, 0) is 6.54 Å². The van der Waals surface area contributed by atoms with E-state index in [-0.39, 0.29) is 0 Å². The van der Waals surface area contributed by atoms with Gasteiger partial charge in [-0.2, -0.15) is 0 Å². The van der Waals surface area contributed by atoms with Gasteiger partial charge in [-0.25, -0.2) is 0 Å². The highest BCUT2D eigenvalue weighted by atomic mass is 16.5. The summed E-state index contributed by atoms with van der Waals surface area (Å²) in [5, 5.41) is 1.18. The Morgan fingerprint density at radius 2 is 2.00 bits per heavy atom. The number of hydrogen-bond acceptors (Lipinski definition) is 1. The Labute approximate surface area is 99.6 Å². The summed E-state index contributed by atoms with van der Waals surface area (Å²) < 4.78 is 7.83. The summed E-state index contributed by atoms with van der Waals surface area (Å²) in [6.07, 6.45) is 6.02. The fourth-order valence-electron chi connectivity index (χ4n) is 1.91. The quantitative estimate of drug-likeness (QED) is 0.728. The zero-order chi connectivity index (χ0) is 11.5. The summed E-state index contributed by atoms with van der Waals surface area (Å²) in [5.41, 5.74) is 1.14. The van der Waals surface area contributed by atoms with Crippen LogP contribution < -0.4 is 4.74 Å². The maximum atomic E-state index is 5.72. The molecular formula is C14H14N2O. The van der Waals surface area contributed by atoms with E-state index in [9.17, 15) is 0 Å². The number of nitrogens with one attached hydrogen (secondary N) is 1. The molecular weight excluding hydrogens is 212 g/mol. The number of rotatable bonds is 4. The van der Waals surface area contributed by atoms with Crippen LogP contribution in [0.25, 0.3) is 10.9 Å². The number of benzene rings is 1. The maximum absolute atomic E-state index is 5.72. The van der Waals surface area contributed by atoms with Crippen molar-refractivity contribution >= 4 is 10.9 Å². The van der Waals surface area contributed by atoms with Gasteiger partial charge >= 0.3 is 0 Å². The molecule has 0 radical (unpaired) electrons. The van der Waals surface area contributed by atoms with Crippen LogP contribution in [0.5, 0.6) is 5.75 Å². The number of ether oxygens (including phenoxy) is 1. The van der Waals surface area contributed by atoms with Crippen molar-refractivity contribution in [2.75, 3.05) is 6.61 Å². The van der Waals surface area contributed by atoms with Gasteiger partial charge in [0.2, 0.25) is 0 Å². The fourth-order valence-corrected chi connectivity index (χ4v) is 1.91. The highest BCUT2D eigenvalue weighted by Gasteiger charge is 1.98. The predicted molar refractivity (Wildman–Crippen MR) is 68.2 cm³/mol. The third-order valence-electron chi connectivity index (χ3n) is 2.81. The van der Waals surface area contributed by atoms with E-state index in [2.05, 4.69) is 15.6 Å². The number of aromatic amines is 1. The number of H-pyrrole nitrogens is 1. The average Bonchev–Trinajstić information content (AvgIpc) is 2.98. The van der Waals surface area contributed by atoms with E-state index in [1.165, 1.54) is 5.39 Å². The van der Waals surface area contributed by atoms with Crippen LogP contribution >= 0.6 is 0 Å². The first kappa shape index (κ1) is 10.0. The molecule has 0 bridgehead atoms. The number of hydrogen-bond donors (Lipinski definition) is 1. The Morgan fingerprint density at radius 3 is 2.88 bits per heavy atom. The summed E-state index contributed by atoms with van der Waals surface area (Å²) in [7, 11) is 0. The van der Waals surface area contributed by atoms with Crippen molar-refractivity contribution in [2.24, 2.45) is 0 Å². The first-order valence-electron chi connectivity index (χ1n) is 5.72. The molecule has 0 atom stereocenters. The molecule has 0 aliphatic heterocycles. The van der Waals surface area contributed by atoms with E-state index >= 15 is 0 Å². The van der Waals surface area contributed by atoms with Crippen LogP contribution in [0.4, 0.5) is 0 Å². The lowest BCUT2D eigenvalue weighted by atomic mass is 10.2. The van der Waals surface area contributed by atoms with E-state index in [1.807, 2.05) is 48.9 Å². The molecule has 0 fully saturated rings. The molecule has 0 saturated carbocycles. The van der Waals surface area contributed by atoms with Gasteiger partial charge in [0, 0.05) is 29.5 Å². The molecule has 0 aliphatic rings. The largest absolute Gasteiger partial charge is 0.492 e. The molecule has 1 aromatic carbocycles. The molecule has 0 amide bonds. The van der Waals surface area contributed by atoms with Crippen molar-refractivity contribution in [3.05, 3.63) is 55.0 Å². The summed E-state index contributed by atoms with van der Waals surface area (Å²) >= 11 is 0. The molecule has 2 aromatic heterocycles. The Hall–Kier alpha value is -2.16. The summed E-state index contributed by atoms with van der Waals surface area (Å²) in [6, 6.07) is 12.2. The molecule has 0 saturated heterocycles. The lowest BCUT2D eigenvalue weighted by molar-refractivity contribution is 0.299. The molecule has 0 unspecified atom stereocenters. The van der Waals surface area contributed by atoms with Gasteiger partial charge in [-0.15, -0.1) is 0 Å². The molecule has 2 heterocycles. The van der Waals surface area contributed by atoms with Crippen molar-refractivity contribution in [1.29, 1.82) is 0 Å². The fraction of sp³-hybridized carbons (Fsp3) is 0.143. The minimum atomic E-state index is 0.685. The zero-order valence-corrected chi connectivity index (χ0v) is 9.47. The van der Waals surface area contributed by atoms with Crippen LogP contribution in [0.15, 0.2) is 55.0 Å². The first-order chi connectivity index (χ1) is 8.42. The van der Waals surface area contributed by atoms with Crippen molar-refractivity contribution in [3.63, 3.8) is 0 Å². The second kappa shape index (κ2) is 4.37. The van der Waals surface area contributed by atoms with Crippen LogP contribution in [0.1, 0.15) is 0 Å². The summed E-state index contributed by atoms with van der Waals surface area (Å²) in [6.45, 7) is 1.56. The second-order valence-corrected chi connectivity index (χ2v) is 4.00. The predicted octanol–water partition coefficient (Wildman–Crippen LogP) is 3.05. The van der Waals surface area contributed by atoms with E-state index in [4.69, 9.17) is 4.74 Å². The highest BCUT2D eigenvalue weighted by molar-refractivity contribution is 5.80. The van der Waals surface area contributed by atoms with Crippen molar-refractivity contribution in [1.82, 2.24) is 9.55 Å². The van der Waals surface area contributed by atoms with Gasteiger partial charge in [-0.05, 0) is 36.4 Å². The molecule has 17 heavy (non-hydrogen) atoms. The summed E-state index contributed by atoms with van der Waals surface area (Å²) in [4.78, 5) is 3.17. The van der Waals surface area contributed by atoms with Crippen molar-refractivity contribution in [2.45, 2.75) is 6.54 Å². The minimum absolute atomic E-state index is 0.685. The number of nitrogens with zero attached hydrogens (tertiary/aromatic N) is 1. The second-order valence-electron chi connectivity index (χ2n) is 4.00. The van der Waals surface area contributed by atoms with Crippen LogP contribution in [0, 0.1) is 0 Å². The van der Waals surface area contributed by atoms with Gasteiger partial charge in [0.1, 0.15) is 12.4 Å². The third-order valence-corrected chi connectivity index (χ3v) is 2.81. The Morgan fingerprint density at radius 1 is 1.12 bits per heavy atom. The highest BCUT2D eigenvalue weighted by Crippen LogP contribution is 2.19. The molecule has 3 aromatic rings. The number of aromatic nitrogens is 2. The molecule has 3 heteroatoms. The standard InChI is InChI=1S/C14H14N2O/c1-2-8-16(7-1)9-10-17-13-3-4-14-12(11-13)5-6-15-14/h1-8,11,15H,9-10H2. The molecule has 0 spiro atoms. The van der Waals surface area contributed by atoms with Gasteiger partial charge in [0.15, 0.2) is 0 Å². The van der Waals surface area contributed by atoms with E-state index < -0.39 is 0 Å². The van der Waals surface area contributed by atoms with E-state index in [0.717, 1.165) is 17.8 Å². The lowest BCUT2D eigenvalue weighted by Gasteiger charge is -2.07. The van der Waals surface area contributed by atoms with Gasteiger partial charge in [0.25, 0.3) is 0 Å². The molecule has 3 rings (SSSR count). The van der Waals surface area contributed by atoms with Gasteiger partial charge in [-0.1, -0.05) is 0 Å². The van der Waals surface area contributed by atoms with Crippen LogP contribution in [0.3, 0.4) is 0 Å². The van der Waals surface area contributed by atoms with Gasteiger partial charge in [0.05, 0.1) is 6.54 Å². The Bertz CT molecular complexity index is 596. The smallest absolute Gasteiger partial charge is 0.120 e. The van der Waals surface area contributed by atoms with Gasteiger partial charge < -0.3 is 14.3 Å². The van der Waals surface area contributed by atoms with Gasteiger partial charge in [-0.3, -0.25) is 0 Å². The molecule has 0 aliphatic carbocycles. The topological polar surface area (TPSA) is 29.9 Å². The average molecular weight is 226 g/mol. The van der Waals surface area contributed by atoms with Crippen LogP contribution in [-0.4, -0.2) is 16.2 Å². The number of fused-ring (bicyclic) bond motifs is 1. The SMILES string of the molecule is c1ccn(CCOc2ccc3[nH]ccc3c2)c1. The normalized spacial score (nSPS) is 10.8. The van der Waals surface area contributed by atoms with Crippen molar-refractivity contribution < 1.29 is 4.74 Å².